The van der Waals surface area contributed by atoms with Crippen LogP contribution in [0.5, 0.6) is 0 Å². The minimum Gasteiger partial charge on any atom is -0.395 e. The number of rotatable bonds is 7. The van der Waals surface area contributed by atoms with Crippen LogP contribution in [-0.4, -0.2) is 30.6 Å². The summed E-state index contributed by atoms with van der Waals surface area (Å²) >= 11 is 0. The number of hydrogen-bond donors (Lipinski definition) is 3. The number of alkyl halides is 3. The van der Waals surface area contributed by atoms with Gasteiger partial charge in [-0.25, -0.2) is 0 Å². The third kappa shape index (κ3) is 4.63. The maximum absolute atomic E-state index is 12.7. The molecule has 1 aromatic rings. The summed E-state index contributed by atoms with van der Waals surface area (Å²) in [5.74, 6) is -0.421. The topological polar surface area (TPSA) is 73.3 Å². The standard InChI is InChI=1S/C14H20F3N3O/c1-2-3-6-20(7-8-21)12-5-4-10(14(15,16)17)9-11(12)13(18)19/h4-5,9,21H,2-3,6-8H2,1H3,(H3,18,19). The zero-order chi connectivity index (χ0) is 16.0. The van der Waals surface area contributed by atoms with Crippen LogP contribution in [0.4, 0.5) is 18.9 Å². The number of nitrogens with zero attached hydrogens (tertiary/aromatic N) is 1. The van der Waals surface area contributed by atoms with Crippen molar-refractivity contribution < 1.29 is 18.3 Å². The molecule has 0 saturated carbocycles. The molecule has 0 unspecified atom stereocenters. The number of nitrogens with two attached hydrogens (primary N) is 1. The second-order valence-electron chi connectivity index (χ2n) is 4.71. The summed E-state index contributed by atoms with van der Waals surface area (Å²) in [6.45, 7) is 2.74. The van der Waals surface area contributed by atoms with Gasteiger partial charge in [-0.05, 0) is 24.6 Å². The lowest BCUT2D eigenvalue weighted by Gasteiger charge is -2.26. The lowest BCUT2D eigenvalue weighted by Crippen LogP contribution is -2.30. The average Bonchev–Trinajstić information content (AvgIpc) is 2.41. The van der Waals surface area contributed by atoms with Gasteiger partial charge >= 0.3 is 6.18 Å². The van der Waals surface area contributed by atoms with Gasteiger partial charge in [0.2, 0.25) is 0 Å². The van der Waals surface area contributed by atoms with Gasteiger partial charge in [0.05, 0.1) is 12.2 Å². The van der Waals surface area contributed by atoms with Gasteiger partial charge in [-0.15, -0.1) is 0 Å². The third-order valence-electron chi connectivity index (χ3n) is 3.11. The van der Waals surface area contributed by atoms with Crippen molar-refractivity contribution in [3.05, 3.63) is 29.3 Å². The molecule has 0 saturated heterocycles. The van der Waals surface area contributed by atoms with Crippen LogP contribution in [0, 0.1) is 5.41 Å². The minimum absolute atomic E-state index is 0.0365. The number of halogens is 3. The molecular formula is C14H20F3N3O. The number of hydrogen-bond acceptors (Lipinski definition) is 3. The third-order valence-corrected chi connectivity index (χ3v) is 3.11. The van der Waals surface area contributed by atoms with Crippen molar-refractivity contribution >= 4 is 11.5 Å². The monoisotopic (exact) mass is 303 g/mol. The average molecular weight is 303 g/mol. The number of aliphatic hydroxyl groups is 1. The summed E-state index contributed by atoms with van der Waals surface area (Å²) < 4.78 is 38.2. The number of nitrogen functional groups attached to an aromatic ring is 1. The Morgan fingerprint density at radius 2 is 2.00 bits per heavy atom. The summed E-state index contributed by atoms with van der Waals surface area (Å²) in [5.41, 5.74) is 5.06. The fourth-order valence-electron chi connectivity index (χ4n) is 2.03. The Morgan fingerprint density at radius 3 is 2.48 bits per heavy atom. The molecule has 0 heterocycles. The van der Waals surface area contributed by atoms with Crippen molar-refractivity contribution in [2.24, 2.45) is 5.73 Å². The molecule has 118 valence electrons. The smallest absolute Gasteiger partial charge is 0.395 e. The van der Waals surface area contributed by atoms with Crippen LogP contribution in [0.25, 0.3) is 0 Å². The first kappa shape index (κ1) is 17.3. The van der Waals surface area contributed by atoms with Gasteiger partial charge in [0, 0.05) is 24.3 Å². The molecular weight excluding hydrogens is 283 g/mol. The fourth-order valence-corrected chi connectivity index (χ4v) is 2.03. The Morgan fingerprint density at radius 1 is 1.33 bits per heavy atom. The largest absolute Gasteiger partial charge is 0.416 e. The quantitative estimate of drug-likeness (QED) is 0.535. The van der Waals surface area contributed by atoms with Gasteiger partial charge in [0.1, 0.15) is 5.84 Å². The molecule has 0 bridgehead atoms. The highest BCUT2D eigenvalue weighted by atomic mass is 19.4. The van der Waals surface area contributed by atoms with E-state index in [1.165, 1.54) is 6.07 Å². The number of aliphatic hydroxyl groups excluding tert-OH is 1. The van der Waals surface area contributed by atoms with Crippen LogP contribution in [0.15, 0.2) is 18.2 Å². The summed E-state index contributed by atoms with van der Waals surface area (Å²) in [5, 5.41) is 16.6. The van der Waals surface area contributed by atoms with Gasteiger partial charge in [0.15, 0.2) is 0 Å². The molecule has 0 fully saturated rings. The fraction of sp³-hybridized carbons (Fsp3) is 0.500. The SMILES string of the molecule is CCCCN(CCO)c1ccc(C(F)(F)F)cc1C(=N)N. The number of anilines is 1. The Balaban J connectivity index is 3.23. The molecule has 7 heteroatoms. The Bertz CT molecular complexity index is 489. The van der Waals surface area contributed by atoms with Crippen molar-refractivity contribution in [1.82, 2.24) is 0 Å². The molecule has 0 amide bonds. The van der Waals surface area contributed by atoms with Crippen LogP contribution < -0.4 is 10.6 Å². The number of nitrogens with one attached hydrogen (secondary N) is 1. The van der Waals surface area contributed by atoms with Crippen LogP contribution in [0.2, 0.25) is 0 Å². The predicted octanol–water partition coefficient (Wildman–Crippen LogP) is 2.59. The van der Waals surface area contributed by atoms with E-state index in [2.05, 4.69) is 0 Å². The number of unbranched alkanes of at least 4 members (excludes halogenated alkanes) is 1. The lowest BCUT2D eigenvalue weighted by molar-refractivity contribution is -0.137. The molecule has 0 aliphatic heterocycles. The summed E-state index contributed by atoms with van der Waals surface area (Å²) in [6.07, 6.45) is -2.73. The molecule has 0 spiro atoms. The molecule has 4 nitrogen and oxygen atoms in total. The minimum atomic E-state index is -4.48. The van der Waals surface area contributed by atoms with Crippen LogP contribution in [-0.2, 0) is 6.18 Å². The normalized spacial score (nSPS) is 11.5. The van der Waals surface area contributed by atoms with E-state index < -0.39 is 17.6 Å². The molecule has 21 heavy (non-hydrogen) atoms. The van der Waals surface area contributed by atoms with E-state index in [1.807, 2.05) is 6.92 Å². The summed E-state index contributed by atoms with van der Waals surface area (Å²) in [4.78, 5) is 1.75. The predicted molar refractivity (Wildman–Crippen MR) is 76.7 cm³/mol. The zero-order valence-electron chi connectivity index (χ0n) is 11.9. The molecule has 0 aliphatic carbocycles. The van der Waals surface area contributed by atoms with Crippen molar-refractivity contribution in [3.63, 3.8) is 0 Å². The molecule has 1 aromatic carbocycles. The van der Waals surface area contributed by atoms with Gasteiger partial charge < -0.3 is 15.7 Å². The highest BCUT2D eigenvalue weighted by Crippen LogP contribution is 2.32. The van der Waals surface area contributed by atoms with Crippen molar-refractivity contribution in [3.8, 4) is 0 Å². The molecule has 0 aromatic heterocycles. The first-order chi connectivity index (χ1) is 9.81. The maximum Gasteiger partial charge on any atom is 0.416 e. The first-order valence-corrected chi connectivity index (χ1v) is 6.72. The van der Waals surface area contributed by atoms with Crippen LogP contribution >= 0.6 is 0 Å². The second kappa shape index (κ2) is 7.31. The molecule has 4 N–H and O–H groups in total. The molecule has 0 radical (unpaired) electrons. The van der Waals surface area contributed by atoms with Crippen molar-refractivity contribution in [2.75, 3.05) is 24.6 Å². The molecule has 0 atom stereocenters. The van der Waals surface area contributed by atoms with E-state index in [4.69, 9.17) is 16.2 Å². The number of amidine groups is 1. The Kier molecular flexibility index (Phi) is 6.02. The van der Waals surface area contributed by atoms with E-state index in [1.54, 1.807) is 4.90 Å². The van der Waals surface area contributed by atoms with Crippen molar-refractivity contribution in [1.29, 1.82) is 5.41 Å². The van der Waals surface area contributed by atoms with E-state index in [0.29, 0.717) is 12.2 Å². The Labute approximate surface area is 121 Å². The maximum atomic E-state index is 12.7. The molecule has 0 aliphatic rings. The first-order valence-electron chi connectivity index (χ1n) is 6.72. The van der Waals surface area contributed by atoms with E-state index in [-0.39, 0.29) is 18.7 Å². The lowest BCUT2D eigenvalue weighted by atomic mass is 10.1. The summed E-state index contributed by atoms with van der Waals surface area (Å²) in [6, 6.07) is 3.16. The van der Waals surface area contributed by atoms with E-state index in [9.17, 15) is 13.2 Å². The van der Waals surface area contributed by atoms with Crippen LogP contribution in [0.3, 0.4) is 0 Å². The highest BCUT2D eigenvalue weighted by Gasteiger charge is 2.31. The highest BCUT2D eigenvalue weighted by molar-refractivity contribution is 6.00. The van der Waals surface area contributed by atoms with Crippen LogP contribution in [0.1, 0.15) is 30.9 Å². The Hall–Kier alpha value is -1.76. The second-order valence-corrected chi connectivity index (χ2v) is 4.71. The van der Waals surface area contributed by atoms with Gasteiger partial charge in [-0.2, -0.15) is 13.2 Å². The molecule has 1 rings (SSSR count). The van der Waals surface area contributed by atoms with Gasteiger partial charge in [-0.3, -0.25) is 5.41 Å². The van der Waals surface area contributed by atoms with E-state index in [0.717, 1.165) is 25.0 Å². The van der Waals surface area contributed by atoms with Gasteiger partial charge in [-0.1, -0.05) is 13.3 Å². The van der Waals surface area contributed by atoms with Gasteiger partial charge in [0.25, 0.3) is 0 Å². The van der Waals surface area contributed by atoms with Crippen molar-refractivity contribution in [2.45, 2.75) is 25.9 Å². The zero-order valence-corrected chi connectivity index (χ0v) is 11.9. The van der Waals surface area contributed by atoms with E-state index >= 15 is 0 Å². The number of benzene rings is 1. The summed E-state index contributed by atoms with van der Waals surface area (Å²) in [7, 11) is 0.